The molecule has 0 aliphatic carbocycles. The first-order chi connectivity index (χ1) is 9.51. The molecule has 0 atom stereocenters. The predicted octanol–water partition coefficient (Wildman–Crippen LogP) is 2.33. The van der Waals surface area contributed by atoms with E-state index in [1.165, 1.54) is 25.4 Å². The number of ether oxygens (including phenoxy) is 1. The second-order valence-corrected chi connectivity index (χ2v) is 4.20. The van der Waals surface area contributed by atoms with Gasteiger partial charge in [0.25, 0.3) is 5.91 Å². The second-order valence-electron chi connectivity index (χ2n) is 4.20. The van der Waals surface area contributed by atoms with Gasteiger partial charge in [-0.05, 0) is 32.0 Å². The second kappa shape index (κ2) is 5.56. The standard InChI is InChI=1S/C14H14N2O4/c1-8-6-11(9(2)20-8)13(17)16-12-5-4-10(7-15-12)14(18)19-3/h4-7H,1-3H3,(H,15,16,17). The van der Waals surface area contributed by atoms with Crippen LogP contribution in [-0.2, 0) is 4.74 Å². The Labute approximate surface area is 115 Å². The number of nitrogens with zero attached hydrogens (tertiary/aromatic N) is 1. The minimum atomic E-state index is -0.475. The monoisotopic (exact) mass is 274 g/mol. The summed E-state index contributed by atoms with van der Waals surface area (Å²) in [4.78, 5) is 27.3. The highest BCUT2D eigenvalue weighted by Crippen LogP contribution is 2.15. The van der Waals surface area contributed by atoms with E-state index in [1.807, 2.05) is 0 Å². The normalized spacial score (nSPS) is 10.2. The van der Waals surface area contributed by atoms with Gasteiger partial charge in [0.2, 0.25) is 0 Å². The number of carbonyl (C=O) groups is 2. The zero-order valence-electron chi connectivity index (χ0n) is 11.4. The van der Waals surface area contributed by atoms with E-state index in [4.69, 9.17) is 4.42 Å². The number of carbonyl (C=O) groups excluding carboxylic acids is 2. The highest BCUT2D eigenvalue weighted by Gasteiger charge is 2.14. The van der Waals surface area contributed by atoms with Gasteiger partial charge < -0.3 is 14.5 Å². The number of aryl methyl sites for hydroxylation is 2. The van der Waals surface area contributed by atoms with Crippen LogP contribution < -0.4 is 5.32 Å². The van der Waals surface area contributed by atoms with Crippen molar-refractivity contribution >= 4 is 17.7 Å². The Bertz CT molecular complexity index is 644. The van der Waals surface area contributed by atoms with Crippen molar-refractivity contribution in [2.75, 3.05) is 12.4 Å². The number of amides is 1. The molecule has 0 fully saturated rings. The Kier molecular flexibility index (Phi) is 3.84. The van der Waals surface area contributed by atoms with Crippen LogP contribution in [0.4, 0.5) is 5.82 Å². The van der Waals surface area contributed by atoms with Gasteiger partial charge in [0, 0.05) is 6.20 Å². The molecule has 20 heavy (non-hydrogen) atoms. The summed E-state index contributed by atoms with van der Waals surface area (Å²) >= 11 is 0. The van der Waals surface area contributed by atoms with Crippen LogP contribution in [0.3, 0.4) is 0 Å². The van der Waals surface area contributed by atoms with Crippen molar-refractivity contribution in [3.05, 3.63) is 47.0 Å². The van der Waals surface area contributed by atoms with E-state index in [0.717, 1.165) is 0 Å². The number of furan rings is 1. The third-order valence-electron chi connectivity index (χ3n) is 2.71. The maximum Gasteiger partial charge on any atom is 0.339 e. The largest absolute Gasteiger partial charge is 0.466 e. The molecule has 0 saturated carbocycles. The van der Waals surface area contributed by atoms with E-state index in [2.05, 4.69) is 15.0 Å². The van der Waals surface area contributed by atoms with Gasteiger partial charge in [0.05, 0.1) is 18.2 Å². The number of esters is 1. The van der Waals surface area contributed by atoms with Crippen LogP contribution in [0.1, 0.15) is 32.2 Å². The molecule has 6 heteroatoms. The Balaban J connectivity index is 2.12. The summed E-state index contributed by atoms with van der Waals surface area (Å²) in [6.07, 6.45) is 1.34. The van der Waals surface area contributed by atoms with Gasteiger partial charge >= 0.3 is 5.97 Å². The van der Waals surface area contributed by atoms with Crippen molar-refractivity contribution in [2.24, 2.45) is 0 Å². The maximum absolute atomic E-state index is 12.0. The highest BCUT2D eigenvalue weighted by molar-refractivity contribution is 6.04. The molecule has 0 unspecified atom stereocenters. The van der Waals surface area contributed by atoms with E-state index < -0.39 is 5.97 Å². The van der Waals surface area contributed by atoms with Crippen molar-refractivity contribution in [2.45, 2.75) is 13.8 Å². The van der Waals surface area contributed by atoms with Gasteiger partial charge in [-0.25, -0.2) is 9.78 Å². The Morgan fingerprint density at radius 3 is 2.55 bits per heavy atom. The average Bonchev–Trinajstić information content (AvgIpc) is 2.78. The molecule has 1 N–H and O–H groups in total. The molecule has 0 aromatic carbocycles. The van der Waals surface area contributed by atoms with Crippen LogP contribution in [0.2, 0.25) is 0 Å². The summed E-state index contributed by atoms with van der Waals surface area (Å²) in [5.74, 6) is 0.781. The van der Waals surface area contributed by atoms with Crippen LogP contribution in [-0.4, -0.2) is 24.0 Å². The van der Waals surface area contributed by atoms with Gasteiger partial charge in [-0.3, -0.25) is 4.79 Å². The fourth-order valence-electron chi connectivity index (χ4n) is 1.75. The molecule has 0 radical (unpaired) electrons. The zero-order valence-corrected chi connectivity index (χ0v) is 11.4. The van der Waals surface area contributed by atoms with E-state index in [9.17, 15) is 9.59 Å². The van der Waals surface area contributed by atoms with E-state index >= 15 is 0 Å². The number of nitrogens with one attached hydrogen (secondary N) is 1. The number of hydrogen-bond donors (Lipinski definition) is 1. The quantitative estimate of drug-likeness (QED) is 0.869. The molecule has 0 bridgehead atoms. The van der Waals surface area contributed by atoms with Crippen LogP contribution in [0.15, 0.2) is 28.8 Å². The summed E-state index contributed by atoms with van der Waals surface area (Å²) in [5.41, 5.74) is 0.780. The molecule has 0 saturated heterocycles. The summed E-state index contributed by atoms with van der Waals surface area (Å²) < 4.78 is 9.86. The fraction of sp³-hybridized carbons (Fsp3) is 0.214. The number of aromatic nitrogens is 1. The van der Waals surface area contributed by atoms with Crippen molar-refractivity contribution in [3.8, 4) is 0 Å². The predicted molar refractivity (Wildman–Crippen MR) is 71.7 cm³/mol. The lowest BCUT2D eigenvalue weighted by Crippen LogP contribution is -2.13. The van der Waals surface area contributed by atoms with Crippen molar-refractivity contribution in [3.63, 3.8) is 0 Å². The topological polar surface area (TPSA) is 81.4 Å². The molecule has 0 aliphatic rings. The average molecular weight is 274 g/mol. The van der Waals surface area contributed by atoms with Crippen LogP contribution >= 0.6 is 0 Å². The summed E-state index contributed by atoms with van der Waals surface area (Å²) in [6, 6.07) is 4.72. The lowest BCUT2D eigenvalue weighted by Gasteiger charge is -2.04. The summed E-state index contributed by atoms with van der Waals surface area (Å²) in [5, 5.41) is 2.63. The van der Waals surface area contributed by atoms with Crippen LogP contribution in [0.25, 0.3) is 0 Å². The van der Waals surface area contributed by atoms with Crippen molar-refractivity contribution in [1.29, 1.82) is 0 Å². The first-order valence-corrected chi connectivity index (χ1v) is 5.94. The Morgan fingerprint density at radius 1 is 1.30 bits per heavy atom. The number of hydrogen-bond acceptors (Lipinski definition) is 5. The van der Waals surface area contributed by atoms with Gasteiger partial charge in [-0.15, -0.1) is 0 Å². The van der Waals surface area contributed by atoms with Crippen molar-refractivity contribution < 1.29 is 18.7 Å². The Morgan fingerprint density at radius 2 is 2.05 bits per heavy atom. The molecule has 2 aromatic heterocycles. The summed E-state index contributed by atoms with van der Waals surface area (Å²) in [6.45, 7) is 3.49. The molecule has 2 heterocycles. The third-order valence-corrected chi connectivity index (χ3v) is 2.71. The number of anilines is 1. The minimum absolute atomic E-state index is 0.308. The smallest absolute Gasteiger partial charge is 0.339 e. The van der Waals surface area contributed by atoms with E-state index in [-0.39, 0.29) is 5.91 Å². The van der Waals surface area contributed by atoms with Gasteiger partial charge in [0.15, 0.2) is 0 Å². The molecule has 0 spiro atoms. The molecule has 2 rings (SSSR count). The highest BCUT2D eigenvalue weighted by atomic mass is 16.5. The molecular weight excluding hydrogens is 260 g/mol. The molecule has 1 amide bonds. The third kappa shape index (κ3) is 2.85. The molecule has 2 aromatic rings. The minimum Gasteiger partial charge on any atom is -0.466 e. The van der Waals surface area contributed by atoms with Crippen LogP contribution in [0, 0.1) is 13.8 Å². The molecular formula is C14H14N2O4. The summed E-state index contributed by atoms with van der Waals surface area (Å²) in [7, 11) is 1.29. The van der Waals surface area contributed by atoms with E-state index in [0.29, 0.717) is 28.5 Å². The number of pyridine rings is 1. The van der Waals surface area contributed by atoms with E-state index in [1.54, 1.807) is 19.9 Å². The first-order valence-electron chi connectivity index (χ1n) is 5.94. The van der Waals surface area contributed by atoms with Crippen LogP contribution in [0.5, 0.6) is 0 Å². The van der Waals surface area contributed by atoms with Gasteiger partial charge in [-0.1, -0.05) is 0 Å². The molecule has 6 nitrogen and oxygen atoms in total. The first kappa shape index (κ1) is 13.8. The SMILES string of the molecule is COC(=O)c1ccc(NC(=O)c2cc(C)oc2C)nc1. The Hall–Kier alpha value is -2.63. The number of rotatable bonds is 3. The van der Waals surface area contributed by atoms with Crippen molar-refractivity contribution in [1.82, 2.24) is 4.98 Å². The van der Waals surface area contributed by atoms with Gasteiger partial charge in [-0.2, -0.15) is 0 Å². The van der Waals surface area contributed by atoms with Gasteiger partial charge in [0.1, 0.15) is 17.3 Å². The maximum atomic E-state index is 12.0. The molecule has 0 aliphatic heterocycles. The number of methoxy groups -OCH3 is 1. The lowest BCUT2D eigenvalue weighted by molar-refractivity contribution is 0.0600. The zero-order chi connectivity index (χ0) is 14.7. The lowest BCUT2D eigenvalue weighted by atomic mass is 10.2. The fourth-order valence-corrected chi connectivity index (χ4v) is 1.75. The molecule has 104 valence electrons.